The molecule has 6 nitrogen and oxygen atoms in total. The van der Waals surface area contributed by atoms with Crippen LogP contribution < -0.4 is 0 Å². The molecule has 0 saturated carbocycles. The van der Waals surface area contributed by atoms with Gasteiger partial charge in [-0.15, -0.1) is 10.2 Å². The monoisotopic (exact) mass is 315 g/mol. The molecule has 7 heteroatoms. The molecule has 1 unspecified atom stereocenters. The second-order valence-corrected chi connectivity index (χ2v) is 6.40. The Labute approximate surface area is 133 Å². The van der Waals surface area contributed by atoms with Gasteiger partial charge in [0.2, 0.25) is 5.89 Å². The third-order valence-corrected chi connectivity index (χ3v) is 4.35. The Balaban J connectivity index is 1.94. The average Bonchev–Trinajstić information content (AvgIpc) is 3.07. The van der Waals surface area contributed by atoms with Crippen LogP contribution in [-0.2, 0) is 0 Å². The molecule has 0 aliphatic rings. The molecule has 114 valence electrons. The number of para-hydroxylation sites is 1. The Hall–Kier alpha value is -2.15. The van der Waals surface area contributed by atoms with Crippen LogP contribution in [0.4, 0.5) is 0 Å². The largest absolute Gasteiger partial charge is 0.338 e. The lowest BCUT2D eigenvalue weighted by Crippen LogP contribution is -2.02. The number of benzene rings is 1. The van der Waals surface area contributed by atoms with E-state index < -0.39 is 0 Å². The van der Waals surface area contributed by atoms with Gasteiger partial charge >= 0.3 is 0 Å². The molecule has 0 radical (unpaired) electrons. The molecule has 0 aliphatic carbocycles. The first-order chi connectivity index (χ1) is 10.6. The van der Waals surface area contributed by atoms with Crippen molar-refractivity contribution in [1.82, 2.24) is 24.9 Å². The molecule has 0 fully saturated rings. The molecule has 0 N–H and O–H groups in total. The van der Waals surface area contributed by atoms with Crippen molar-refractivity contribution in [3.63, 3.8) is 0 Å². The topological polar surface area (TPSA) is 69.6 Å². The molecule has 2 aromatic heterocycles. The number of hydrogen-bond acceptors (Lipinski definition) is 6. The molecule has 22 heavy (non-hydrogen) atoms. The summed E-state index contributed by atoms with van der Waals surface area (Å²) < 4.78 is 7.29. The predicted octanol–water partition coefficient (Wildman–Crippen LogP) is 3.43. The molecule has 0 spiro atoms. The lowest BCUT2D eigenvalue weighted by Gasteiger charge is -2.12. The van der Waals surface area contributed by atoms with E-state index in [1.54, 1.807) is 11.8 Å². The van der Waals surface area contributed by atoms with Crippen LogP contribution in [0.5, 0.6) is 0 Å². The average molecular weight is 315 g/mol. The summed E-state index contributed by atoms with van der Waals surface area (Å²) >= 11 is 1.55. The molecular formula is C15H17N5OS. The third kappa shape index (κ3) is 2.76. The van der Waals surface area contributed by atoms with Gasteiger partial charge in [-0.05, 0) is 39.3 Å². The summed E-state index contributed by atoms with van der Waals surface area (Å²) in [7, 11) is 0. The van der Waals surface area contributed by atoms with Gasteiger partial charge in [-0.3, -0.25) is 4.57 Å². The van der Waals surface area contributed by atoms with Gasteiger partial charge in [0.1, 0.15) is 5.82 Å². The molecule has 3 rings (SSSR count). The Kier molecular flexibility index (Phi) is 3.98. The minimum Gasteiger partial charge on any atom is -0.338 e. The van der Waals surface area contributed by atoms with E-state index in [1.165, 1.54) is 5.56 Å². The summed E-state index contributed by atoms with van der Waals surface area (Å²) in [6.45, 7) is 7.85. The van der Waals surface area contributed by atoms with Crippen LogP contribution >= 0.6 is 11.8 Å². The number of nitrogens with zero attached hydrogens (tertiary/aromatic N) is 5. The van der Waals surface area contributed by atoms with E-state index in [9.17, 15) is 0 Å². The zero-order valence-corrected chi connectivity index (χ0v) is 13.8. The lowest BCUT2D eigenvalue weighted by molar-refractivity contribution is 0.376. The molecule has 3 aromatic rings. The van der Waals surface area contributed by atoms with Gasteiger partial charge in [0.25, 0.3) is 0 Å². The van der Waals surface area contributed by atoms with Gasteiger partial charge in [0, 0.05) is 0 Å². The van der Waals surface area contributed by atoms with Crippen LogP contribution in [0.15, 0.2) is 33.9 Å². The van der Waals surface area contributed by atoms with Crippen LogP contribution in [0.25, 0.3) is 5.69 Å². The summed E-state index contributed by atoms with van der Waals surface area (Å²) in [5.74, 6) is 2.09. The fourth-order valence-electron chi connectivity index (χ4n) is 2.20. The number of thioether (sulfide) groups is 1. The van der Waals surface area contributed by atoms with Crippen molar-refractivity contribution in [2.24, 2.45) is 0 Å². The highest BCUT2D eigenvalue weighted by atomic mass is 32.2. The van der Waals surface area contributed by atoms with Crippen molar-refractivity contribution in [1.29, 1.82) is 0 Å². The summed E-state index contributed by atoms with van der Waals surface area (Å²) in [4.78, 5) is 4.28. The number of aryl methyl sites for hydroxylation is 3. The van der Waals surface area contributed by atoms with Gasteiger partial charge in [0.05, 0.1) is 10.9 Å². The second-order valence-electron chi connectivity index (χ2n) is 5.09. The van der Waals surface area contributed by atoms with E-state index in [2.05, 4.69) is 44.0 Å². The smallest absolute Gasteiger partial charge is 0.239 e. The molecule has 2 heterocycles. The molecule has 1 atom stereocenters. The van der Waals surface area contributed by atoms with Gasteiger partial charge < -0.3 is 4.52 Å². The molecule has 0 aliphatic heterocycles. The minimum atomic E-state index is 0.00701. The summed E-state index contributed by atoms with van der Waals surface area (Å²) in [5.41, 5.74) is 2.26. The fourth-order valence-corrected chi connectivity index (χ4v) is 3.13. The van der Waals surface area contributed by atoms with Crippen molar-refractivity contribution in [2.75, 3.05) is 0 Å². The zero-order chi connectivity index (χ0) is 15.7. The van der Waals surface area contributed by atoms with Gasteiger partial charge in [-0.1, -0.05) is 35.1 Å². The molecule has 1 aromatic carbocycles. The number of hydrogen-bond donors (Lipinski definition) is 0. The van der Waals surface area contributed by atoms with Crippen LogP contribution in [-0.4, -0.2) is 24.9 Å². The van der Waals surface area contributed by atoms with Crippen molar-refractivity contribution >= 4 is 11.8 Å². The number of aromatic nitrogens is 5. The third-order valence-electron chi connectivity index (χ3n) is 3.32. The van der Waals surface area contributed by atoms with E-state index in [4.69, 9.17) is 4.52 Å². The maximum absolute atomic E-state index is 5.23. The normalized spacial score (nSPS) is 12.5. The maximum atomic E-state index is 5.23. The molecular weight excluding hydrogens is 298 g/mol. The first kappa shape index (κ1) is 14.8. The van der Waals surface area contributed by atoms with E-state index in [1.807, 2.05) is 32.9 Å². The van der Waals surface area contributed by atoms with E-state index >= 15 is 0 Å². The summed E-state index contributed by atoms with van der Waals surface area (Å²) in [6, 6.07) is 8.18. The predicted molar refractivity (Wildman–Crippen MR) is 84.1 cm³/mol. The molecule has 0 amide bonds. The molecule has 0 saturated heterocycles. The van der Waals surface area contributed by atoms with Gasteiger partial charge in [0.15, 0.2) is 11.0 Å². The van der Waals surface area contributed by atoms with E-state index in [0.717, 1.165) is 16.7 Å². The van der Waals surface area contributed by atoms with E-state index in [-0.39, 0.29) is 5.25 Å². The van der Waals surface area contributed by atoms with Gasteiger partial charge in [-0.25, -0.2) is 0 Å². The maximum Gasteiger partial charge on any atom is 0.239 e. The van der Waals surface area contributed by atoms with Crippen molar-refractivity contribution < 1.29 is 4.52 Å². The summed E-state index contributed by atoms with van der Waals surface area (Å²) in [6.07, 6.45) is 0. The Morgan fingerprint density at radius 2 is 1.91 bits per heavy atom. The first-order valence-electron chi connectivity index (χ1n) is 7.01. The van der Waals surface area contributed by atoms with Crippen LogP contribution in [0.3, 0.4) is 0 Å². The quantitative estimate of drug-likeness (QED) is 0.687. The standard InChI is InChI=1S/C15H17N5OS/c1-9-7-5-6-8-13(9)20-12(4)17-18-15(20)22-10(2)14-16-11(3)19-21-14/h5-8,10H,1-4H3. The van der Waals surface area contributed by atoms with Crippen LogP contribution in [0, 0.1) is 20.8 Å². The van der Waals surface area contributed by atoms with E-state index in [0.29, 0.717) is 11.7 Å². The van der Waals surface area contributed by atoms with Gasteiger partial charge in [-0.2, -0.15) is 4.98 Å². The minimum absolute atomic E-state index is 0.00701. The van der Waals surface area contributed by atoms with Crippen molar-refractivity contribution in [2.45, 2.75) is 38.1 Å². The second kappa shape index (κ2) is 5.92. The first-order valence-corrected chi connectivity index (χ1v) is 7.89. The van der Waals surface area contributed by atoms with Crippen molar-refractivity contribution in [3.8, 4) is 5.69 Å². The SMILES string of the molecule is Cc1noc(C(C)Sc2nnc(C)n2-c2ccccc2C)n1. The van der Waals surface area contributed by atoms with Crippen LogP contribution in [0.2, 0.25) is 0 Å². The Bertz CT molecular complexity index is 795. The fraction of sp³-hybridized carbons (Fsp3) is 0.333. The highest BCUT2D eigenvalue weighted by Gasteiger charge is 2.20. The summed E-state index contributed by atoms with van der Waals surface area (Å²) in [5, 5.41) is 13.2. The van der Waals surface area contributed by atoms with Crippen LogP contribution in [0.1, 0.15) is 35.3 Å². The van der Waals surface area contributed by atoms with Crippen molar-refractivity contribution in [3.05, 3.63) is 47.4 Å². The Morgan fingerprint density at radius 1 is 1.14 bits per heavy atom. The molecule has 0 bridgehead atoms. The highest BCUT2D eigenvalue weighted by molar-refractivity contribution is 7.99. The Morgan fingerprint density at radius 3 is 2.59 bits per heavy atom. The lowest BCUT2D eigenvalue weighted by atomic mass is 10.2. The zero-order valence-electron chi connectivity index (χ0n) is 12.9. The highest BCUT2D eigenvalue weighted by Crippen LogP contribution is 2.34. The number of rotatable bonds is 4.